The summed E-state index contributed by atoms with van der Waals surface area (Å²) in [5.41, 5.74) is 1.10. The smallest absolute Gasteiger partial charge is 0.152 e. The first-order valence-electron chi connectivity index (χ1n) is 4.97. The summed E-state index contributed by atoms with van der Waals surface area (Å²) in [6, 6.07) is 1.95. The van der Waals surface area contributed by atoms with Crippen LogP contribution in [0, 0.1) is 0 Å². The van der Waals surface area contributed by atoms with Crippen molar-refractivity contribution in [3.63, 3.8) is 0 Å². The molecule has 76 valence electrons. The molecule has 0 saturated carbocycles. The lowest BCUT2D eigenvalue weighted by Gasteiger charge is -1.96. The molecule has 3 heteroatoms. The molecule has 0 aromatic carbocycles. The van der Waals surface area contributed by atoms with Gasteiger partial charge >= 0.3 is 0 Å². The van der Waals surface area contributed by atoms with E-state index in [1.807, 2.05) is 18.3 Å². The van der Waals surface area contributed by atoms with E-state index >= 15 is 0 Å². The molecular weight excluding hydrogens is 192 g/mol. The predicted molar refractivity (Wildman–Crippen MR) is 63.2 cm³/mol. The van der Waals surface area contributed by atoms with Gasteiger partial charge in [0.1, 0.15) is 0 Å². The van der Waals surface area contributed by atoms with E-state index in [-0.39, 0.29) is 0 Å². The minimum absolute atomic E-state index is 0.813. The molecule has 1 aromatic rings. The van der Waals surface area contributed by atoms with E-state index < -0.39 is 0 Å². The number of thioether (sulfide) groups is 1. The Bertz CT molecular complexity index is 297. The van der Waals surface area contributed by atoms with Crippen LogP contribution in [0.5, 0.6) is 0 Å². The lowest BCUT2D eigenvalue weighted by molar-refractivity contribution is 0.986. The minimum Gasteiger partial charge on any atom is -0.237 e. The summed E-state index contributed by atoms with van der Waals surface area (Å²) in [7, 11) is 0. The number of rotatable bonds is 5. The average molecular weight is 208 g/mol. The third kappa shape index (κ3) is 3.92. The second-order valence-corrected chi connectivity index (χ2v) is 3.95. The van der Waals surface area contributed by atoms with Gasteiger partial charge in [0.05, 0.1) is 0 Å². The minimum atomic E-state index is 0.813. The van der Waals surface area contributed by atoms with E-state index in [1.54, 1.807) is 11.8 Å². The van der Waals surface area contributed by atoms with Crippen molar-refractivity contribution >= 4 is 17.8 Å². The van der Waals surface area contributed by atoms with Crippen molar-refractivity contribution in [1.29, 1.82) is 0 Å². The fraction of sp³-hybridized carbons (Fsp3) is 0.455. The third-order valence-corrected chi connectivity index (χ3v) is 2.70. The van der Waals surface area contributed by atoms with Crippen molar-refractivity contribution in [3.8, 4) is 0 Å². The third-order valence-electron chi connectivity index (χ3n) is 1.73. The first-order chi connectivity index (χ1) is 6.86. The van der Waals surface area contributed by atoms with Gasteiger partial charge in [0, 0.05) is 11.9 Å². The molecule has 1 heterocycles. The van der Waals surface area contributed by atoms with Gasteiger partial charge in [-0.05, 0) is 36.1 Å². The second-order valence-electron chi connectivity index (χ2n) is 2.93. The van der Waals surface area contributed by atoms with Crippen molar-refractivity contribution in [2.24, 2.45) is 0 Å². The lowest BCUT2D eigenvalue weighted by atomic mass is 10.3. The van der Waals surface area contributed by atoms with Crippen molar-refractivity contribution < 1.29 is 0 Å². The van der Waals surface area contributed by atoms with Crippen LogP contribution in [0.4, 0.5) is 0 Å². The fourth-order valence-corrected chi connectivity index (χ4v) is 1.57. The number of nitrogens with zero attached hydrogens (tertiary/aromatic N) is 2. The maximum absolute atomic E-state index is 4.38. The average Bonchev–Trinajstić information content (AvgIpc) is 2.25. The van der Waals surface area contributed by atoms with Crippen molar-refractivity contribution in [3.05, 3.63) is 29.2 Å². The predicted octanol–water partition coefficient (Wildman–Crippen LogP) is 3.15. The van der Waals surface area contributed by atoms with E-state index in [4.69, 9.17) is 0 Å². The van der Waals surface area contributed by atoms with Gasteiger partial charge in [-0.25, -0.2) is 9.97 Å². The van der Waals surface area contributed by atoms with Gasteiger partial charge in [0.2, 0.25) is 0 Å². The van der Waals surface area contributed by atoms with Crippen molar-refractivity contribution in [1.82, 2.24) is 9.97 Å². The first kappa shape index (κ1) is 11.2. The Morgan fingerprint density at radius 1 is 1.43 bits per heavy atom. The topological polar surface area (TPSA) is 25.8 Å². The summed E-state index contributed by atoms with van der Waals surface area (Å²) < 4.78 is 0. The summed E-state index contributed by atoms with van der Waals surface area (Å²) in [6.07, 6.45) is 5.95. The molecule has 0 unspecified atom stereocenters. The zero-order chi connectivity index (χ0) is 10.2. The van der Waals surface area contributed by atoms with Gasteiger partial charge < -0.3 is 0 Å². The van der Waals surface area contributed by atoms with Crippen molar-refractivity contribution in [2.45, 2.75) is 26.7 Å². The molecule has 14 heavy (non-hydrogen) atoms. The number of hydrogen-bond donors (Lipinski definition) is 0. The van der Waals surface area contributed by atoms with E-state index in [0.29, 0.717) is 0 Å². The molecule has 0 atom stereocenters. The first-order valence-corrected chi connectivity index (χ1v) is 6.01. The maximum Gasteiger partial charge on any atom is 0.152 e. The van der Waals surface area contributed by atoms with Gasteiger partial charge in [-0.1, -0.05) is 13.8 Å². The summed E-state index contributed by atoms with van der Waals surface area (Å²) in [4.78, 5) is 8.55. The van der Waals surface area contributed by atoms with Crippen LogP contribution in [0.2, 0.25) is 0 Å². The molecule has 0 spiro atoms. The van der Waals surface area contributed by atoms with Crippen LogP contribution in [-0.4, -0.2) is 15.7 Å². The molecule has 0 aliphatic heterocycles. The maximum atomic E-state index is 4.38. The molecule has 0 fully saturated rings. The summed E-state index contributed by atoms with van der Waals surface area (Å²) in [5, 5.41) is 2.07. The van der Waals surface area contributed by atoms with Crippen LogP contribution in [0.1, 0.15) is 31.8 Å². The Morgan fingerprint density at radius 2 is 2.29 bits per heavy atom. The second kappa shape index (κ2) is 6.60. The van der Waals surface area contributed by atoms with E-state index in [9.17, 15) is 0 Å². The molecule has 0 aliphatic rings. The molecule has 0 radical (unpaired) electrons. The van der Waals surface area contributed by atoms with Crippen LogP contribution in [0.15, 0.2) is 17.7 Å². The summed E-state index contributed by atoms with van der Waals surface area (Å²) in [5.74, 6) is 1.97. The van der Waals surface area contributed by atoms with Gasteiger partial charge in [0.25, 0.3) is 0 Å². The van der Waals surface area contributed by atoms with Crippen LogP contribution >= 0.6 is 11.8 Å². The number of hydrogen-bond acceptors (Lipinski definition) is 3. The molecule has 1 aromatic heterocycles. The zero-order valence-corrected chi connectivity index (χ0v) is 9.55. The van der Waals surface area contributed by atoms with E-state index in [1.165, 1.54) is 6.42 Å². The van der Waals surface area contributed by atoms with Gasteiger partial charge in [0.15, 0.2) is 5.82 Å². The molecule has 1 rings (SSSR count). The van der Waals surface area contributed by atoms with Crippen LogP contribution < -0.4 is 0 Å². The van der Waals surface area contributed by atoms with E-state index in [2.05, 4.69) is 29.2 Å². The molecule has 0 amide bonds. The van der Waals surface area contributed by atoms with Crippen LogP contribution in [0.3, 0.4) is 0 Å². The molecule has 0 bridgehead atoms. The lowest BCUT2D eigenvalue weighted by Crippen LogP contribution is -1.91. The molecule has 0 N–H and O–H groups in total. The summed E-state index contributed by atoms with van der Waals surface area (Å²) >= 11 is 1.80. The van der Waals surface area contributed by atoms with Crippen LogP contribution in [-0.2, 0) is 6.42 Å². The number of aromatic nitrogens is 2. The highest BCUT2D eigenvalue weighted by atomic mass is 32.2. The number of aryl methyl sites for hydroxylation is 1. The highest BCUT2D eigenvalue weighted by Crippen LogP contribution is 2.06. The molecule has 2 nitrogen and oxygen atoms in total. The largest absolute Gasteiger partial charge is 0.237 e. The molecule has 0 aliphatic carbocycles. The monoisotopic (exact) mass is 208 g/mol. The van der Waals surface area contributed by atoms with E-state index in [0.717, 1.165) is 23.7 Å². The Balaban J connectivity index is 2.53. The molecule has 0 saturated heterocycles. The zero-order valence-electron chi connectivity index (χ0n) is 8.73. The highest BCUT2D eigenvalue weighted by molar-refractivity contribution is 8.02. The Kier molecular flexibility index (Phi) is 5.30. The quantitative estimate of drug-likeness (QED) is 0.695. The van der Waals surface area contributed by atoms with Crippen LogP contribution in [0.25, 0.3) is 6.08 Å². The fourth-order valence-electron chi connectivity index (χ4n) is 0.985. The van der Waals surface area contributed by atoms with Gasteiger partial charge in [-0.15, -0.1) is 11.8 Å². The Labute approximate surface area is 89.9 Å². The highest BCUT2D eigenvalue weighted by Gasteiger charge is 1.92. The Morgan fingerprint density at radius 3 is 3.00 bits per heavy atom. The Hall–Kier alpha value is -0.830. The van der Waals surface area contributed by atoms with Gasteiger partial charge in [-0.3, -0.25) is 0 Å². The molecular formula is C11H16N2S. The van der Waals surface area contributed by atoms with Crippen molar-refractivity contribution in [2.75, 3.05) is 5.75 Å². The normalized spacial score (nSPS) is 11.0. The summed E-state index contributed by atoms with van der Waals surface area (Å²) in [6.45, 7) is 4.27. The van der Waals surface area contributed by atoms with Gasteiger partial charge in [-0.2, -0.15) is 0 Å². The SMILES string of the molecule is CCCS/C=C/c1nccc(CC)n1. The standard InChI is InChI=1S/C11H16N2S/c1-3-8-14-9-6-11-12-7-5-10(4-2)13-11/h5-7,9H,3-4,8H2,1-2H3/b9-6+.